The molecule has 98 valence electrons. The highest BCUT2D eigenvalue weighted by molar-refractivity contribution is 9.10. The van der Waals surface area contributed by atoms with E-state index >= 15 is 0 Å². The van der Waals surface area contributed by atoms with Crippen molar-refractivity contribution in [2.45, 2.75) is 23.7 Å². The molecule has 8 heteroatoms. The second kappa shape index (κ2) is 5.52. The summed E-state index contributed by atoms with van der Waals surface area (Å²) in [7, 11) is -3.46. The molecular weight excluding hydrogens is 338 g/mol. The van der Waals surface area contributed by atoms with Crippen LogP contribution >= 0.6 is 27.3 Å². The second-order valence-corrected chi connectivity index (χ2v) is 7.52. The minimum absolute atomic E-state index is 0.210. The van der Waals surface area contributed by atoms with E-state index in [0.29, 0.717) is 15.2 Å². The van der Waals surface area contributed by atoms with Crippen LogP contribution < -0.4 is 4.72 Å². The molecule has 2 rings (SSSR count). The molecule has 0 saturated carbocycles. The molecule has 0 bridgehead atoms. The lowest BCUT2D eigenvalue weighted by molar-refractivity contribution is 0.521. The van der Waals surface area contributed by atoms with Gasteiger partial charge in [-0.05, 0) is 34.3 Å². The topological polar surface area (TPSA) is 64.0 Å². The molecule has 0 fully saturated rings. The minimum Gasteiger partial charge on any atom is -0.336 e. The van der Waals surface area contributed by atoms with Crippen molar-refractivity contribution >= 4 is 37.3 Å². The Hall–Kier alpha value is -0.700. The first-order valence-corrected chi connectivity index (χ1v) is 8.35. The molecule has 0 aliphatic carbocycles. The van der Waals surface area contributed by atoms with E-state index in [1.165, 1.54) is 11.3 Å². The maximum atomic E-state index is 12.1. The van der Waals surface area contributed by atoms with Crippen LogP contribution in [0.15, 0.2) is 38.8 Å². The quantitative estimate of drug-likeness (QED) is 0.898. The Balaban J connectivity index is 2.07. The van der Waals surface area contributed by atoms with Gasteiger partial charge in [0.2, 0.25) is 0 Å². The van der Waals surface area contributed by atoms with Gasteiger partial charge in [0.25, 0.3) is 10.0 Å². The predicted molar refractivity (Wildman–Crippen MR) is 74.0 cm³/mol. The Morgan fingerprint density at radius 3 is 2.94 bits per heavy atom. The molecule has 0 spiro atoms. The van der Waals surface area contributed by atoms with Gasteiger partial charge in [-0.1, -0.05) is 0 Å². The van der Waals surface area contributed by atoms with Gasteiger partial charge in [0, 0.05) is 29.5 Å². The van der Waals surface area contributed by atoms with Crippen LogP contribution in [0.5, 0.6) is 0 Å². The first-order chi connectivity index (χ1) is 8.49. The second-order valence-electron chi connectivity index (χ2n) is 3.84. The van der Waals surface area contributed by atoms with E-state index in [9.17, 15) is 8.42 Å². The summed E-state index contributed by atoms with van der Waals surface area (Å²) >= 11 is 4.42. The van der Waals surface area contributed by atoms with Gasteiger partial charge in [-0.3, -0.25) is 0 Å². The standard InChI is InChI=1S/C10H12BrN3O2S2/c1-8(6-14-4-3-12-7-14)13-18(15,16)10-9(11)2-5-17-10/h2-5,7-8,13H,6H2,1H3. The highest BCUT2D eigenvalue weighted by Gasteiger charge is 2.21. The molecule has 0 aliphatic heterocycles. The van der Waals surface area contributed by atoms with Gasteiger partial charge in [0.05, 0.1) is 6.33 Å². The van der Waals surface area contributed by atoms with Gasteiger partial charge in [-0.2, -0.15) is 0 Å². The van der Waals surface area contributed by atoms with Crippen LogP contribution in [0.2, 0.25) is 0 Å². The third kappa shape index (κ3) is 3.19. The van der Waals surface area contributed by atoms with Crippen LogP contribution in [-0.4, -0.2) is 24.0 Å². The SMILES string of the molecule is CC(Cn1ccnc1)NS(=O)(=O)c1sccc1Br. The van der Waals surface area contributed by atoms with Crippen molar-refractivity contribution in [2.75, 3.05) is 0 Å². The number of nitrogens with zero attached hydrogens (tertiary/aromatic N) is 2. The zero-order valence-corrected chi connectivity index (χ0v) is 12.8. The lowest BCUT2D eigenvalue weighted by atomic mass is 10.4. The third-order valence-corrected chi connectivity index (χ3v) is 6.49. The summed E-state index contributed by atoms with van der Waals surface area (Å²) in [4.78, 5) is 3.92. The van der Waals surface area contributed by atoms with Crippen molar-refractivity contribution < 1.29 is 8.42 Å². The lowest BCUT2D eigenvalue weighted by Crippen LogP contribution is -2.35. The summed E-state index contributed by atoms with van der Waals surface area (Å²) in [6, 6.07) is 1.51. The third-order valence-electron chi connectivity index (χ3n) is 2.23. The molecule has 5 nitrogen and oxygen atoms in total. The highest BCUT2D eigenvalue weighted by Crippen LogP contribution is 2.27. The van der Waals surface area contributed by atoms with E-state index in [0.717, 1.165) is 0 Å². The molecule has 0 amide bonds. The smallest absolute Gasteiger partial charge is 0.251 e. The van der Waals surface area contributed by atoms with E-state index < -0.39 is 10.0 Å². The van der Waals surface area contributed by atoms with Crippen molar-refractivity contribution in [2.24, 2.45) is 0 Å². The molecule has 1 unspecified atom stereocenters. The molecule has 2 aromatic rings. The van der Waals surface area contributed by atoms with E-state index in [4.69, 9.17) is 0 Å². The molecule has 2 aromatic heterocycles. The van der Waals surface area contributed by atoms with Crippen molar-refractivity contribution in [1.82, 2.24) is 14.3 Å². The monoisotopic (exact) mass is 349 g/mol. The Labute approximate surface area is 118 Å². The van der Waals surface area contributed by atoms with Crippen LogP contribution in [-0.2, 0) is 16.6 Å². The zero-order chi connectivity index (χ0) is 13.2. The molecule has 0 saturated heterocycles. The predicted octanol–water partition coefficient (Wildman–Crippen LogP) is 2.07. The number of sulfonamides is 1. The van der Waals surface area contributed by atoms with E-state index in [1.807, 2.05) is 11.5 Å². The summed E-state index contributed by atoms with van der Waals surface area (Å²) in [5, 5.41) is 1.74. The molecule has 2 heterocycles. The van der Waals surface area contributed by atoms with Crippen molar-refractivity contribution in [3.63, 3.8) is 0 Å². The van der Waals surface area contributed by atoms with Gasteiger partial charge < -0.3 is 4.57 Å². The largest absolute Gasteiger partial charge is 0.336 e. The molecule has 0 radical (unpaired) electrons. The summed E-state index contributed by atoms with van der Waals surface area (Å²) in [5.41, 5.74) is 0. The van der Waals surface area contributed by atoms with Crippen LogP contribution in [0.1, 0.15) is 6.92 Å². The zero-order valence-electron chi connectivity index (χ0n) is 9.58. The fourth-order valence-electron chi connectivity index (χ4n) is 1.54. The van der Waals surface area contributed by atoms with E-state index in [1.54, 1.807) is 30.2 Å². The highest BCUT2D eigenvalue weighted by atomic mass is 79.9. The lowest BCUT2D eigenvalue weighted by Gasteiger charge is -2.14. The molecule has 1 N–H and O–H groups in total. The first-order valence-electron chi connectivity index (χ1n) is 5.20. The summed E-state index contributed by atoms with van der Waals surface area (Å²) in [6.07, 6.45) is 5.12. The van der Waals surface area contributed by atoms with Crippen molar-refractivity contribution in [3.8, 4) is 0 Å². The van der Waals surface area contributed by atoms with Crippen LogP contribution in [0.4, 0.5) is 0 Å². The van der Waals surface area contributed by atoms with Crippen LogP contribution in [0.25, 0.3) is 0 Å². The van der Waals surface area contributed by atoms with Crippen molar-refractivity contribution in [3.05, 3.63) is 34.6 Å². The number of hydrogen-bond acceptors (Lipinski definition) is 4. The summed E-state index contributed by atoms with van der Waals surface area (Å²) < 4.78 is 29.6. The summed E-state index contributed by atoms with van der Waals surface area (Å²) in [5.74, 6) is 0. The summed E-state index contributed by atoms with van der Waals surface area (Å²) in [6.45, 7) is 2.36. The van der Waals surface area contributed by atoms with Crippen LogP contribution in [0, 0.1) is 0 Å². The van der Waals surface area contributed by atoms with Gasteiger partial charge >= 0.3 is 0 Å². The average molecular weight is 350 g/mol. The fourth-order valence-corrected chi connectivity index (χ4v) is 5.13. The molecule has 1 atom stereocenters. The Kier molecular flexibility index (Phi) is 4.21. The van der Waals surface area contributed by atoms with E-state index in [2.05, 4.69) is 25.6 Å². The number of aromatic nitrogens is 2. The minimum atomic E-state index is -3.46. The molecule has 0 aliphatic rings. The Bertz CT molecular complexity index is 607. The van der Waals surface area contributed by atoms with Crippen molar-refractivity contribution in [1.29, 1.82) is 0 Å². The number of thiophene rings is 1. The maximum Gasteiger partial charge on any atom is 0.251 e. The Morgan fingerprint density at radius 2 is 2.39 bits per heavy atom. The first kappa shape index (κ1) is 13.7. The van der Waals surface area contributed by atoms with Gasteiger partial charge in [0.1, 0.15) is 4.21 Å². The van der Waals surface area contributed by atoms with Gasteiger partial charge in [-0.25, -0.2) is 18.1 Å². The molecule has 18 heavy (non-hydrogen) atoms. The fraction of sp³-hybridized carbons (Fsp3) is 0.300. The number of halogens is 1. The maximum absolute atomic E-state index is 12.1. The van der Waals surface area contributed by atoms with Crippen LogP contribution in [0.3, 0.4) is 0 Å². The Morgan fingerprint density at radius 1 is 1.61 bits per heavy atom. The number of hydrogen-bond donors (Lipinski definition) is 1. The average Bonchev–Trinajstić information content (AvgIpc) is 2.88. The molecule has 0 aromatic carbocycles. The number of rotatable bonds is 5. The normalized spacial score (nSPS) is 13.7. The molecular formula is C10H12BrN3O2S2. The number of imidazole rings is 1. The van der Waals surface area contributed by atoms with Gasteiger partial charge in [0.15, 0.2) is 0 Å². The van der Waals surface area contributed by atoms with E-state index in [-0.39, 0.29) is 6.04 Å². The van der Waals surface area contributed by atoms with Gasteiger partial charge in [-0.15, -0.1) is 11.3 Å². The number of nitrogens with one attached hydrogen (secondary N) is 1.